The number of hydrogen-bond donors (Lipinski definition) is 1. The van der Waals surface area contributed by atoms with Crippen LogP contribution in [0.4, 0.5) is 0 Å². The quantitative estimate of drug-likeness (QED) is 0.873. The molecular weight excluding hydrogens is 264 g/mol. The molecule has 0 saturated carbocycles. The smallest absolute Gasteiger partial charge is 0.196 e. The van der Waals surface area contributed by atoms with Gasteiger partial charge in [0.15, 0.2) is 5.79 Å². The number of ether oxygens (including phenoxy) is 2. The maximum absolute atomic E-state index is 10.8. The van der Waals surface area contributed by atoms with Crippen LogP contribution in [-0.4, -0.2) is 12.2 Å². The van der Waals surface area contributed by atoms with Crippen LogP contribution in [0.1, 0.15) is 23.1 Å². The average Bonchev–Trinajstić information content (AvgIpc) is 2.54. The largest absolute Gasteiger partial charge is 0.497 e. The molecule has 1 atom stereocenters. The van der Waals surface area contributed by atoms with E-state index in [2.05, 4.69) is 0 Å². The van der Waals surface area contributed by atoms with Gasteiger partial charge in [0, 0.05) is 12.0 Å². The fraction of sp³-hybridized carbons (Fsp3) is 0.222. The van der Waals surface area contributed by atoms with Crippen molar-refractivity contribution in [2.24, 2.45) is 0 Å². The normalized spacial score (nSPS) is 20.1. The fourth-order valence-electron chi connectivity index (χ4n) is 2.51. The van der Waals surface area contributed by atoms with E-state index >= 15 is 0 Å². The summed E-state index contributed by atoms with van der Waals surface area (Å²) in [4.78, 5) is 0. The topological polar surface area (TPSA) is 38.7 Å². The summed E-state index contributed by atoms with van der Waals surface area (Å²) in [5.74, 6) is -0.450. The molecule has 0 saturated heterocycles. The van der Waals surface area contributed by atoms with Crippen molar-refractivity contribution in [2.75, 3.05) is 7.11 Å². The molecule has 1 N–H and O–H groups in total. The highest BCUT2D eigenvalue weighted by Crippen LogP contribution is 2.35. The summed E-state index contributed by atoms with van der Waals surface area (Å²) in [5.41, 5.74) is 2.82. The van der Waals surface area contributed by atoms with Crippen LogP contribution in [0.5, 0.6) is 5.75 Å². The van der Waals surface area contributed by atoms with Crippen LogP contribution in [0, 0.1) is 0 Å². The predicted molar refractivity (Wildman–Crippen MR) is 81.8 cm³/mol. The van der Waals surface area contributed by atoms with Crippen molar-refractivity contribution in [1.29, 1.82) is 0 Å². The number of aliphatic hydroxyl groups is 1. The Balaban J connectivity index is 1.76. The molecule has 3 nitrogen and oxygen atoms in total. The van der Waals surface area contributed by atoms with Crippen molar-refractivity contribution in [2.45, 2.75) is 18.8 Å². The zero-order valence-electron chi connectivity index (χ0n) is 12.0. The van der Waals surface area contributed by atoms with Gasteiger partial charge < -0.3 is 14.6 Å². The Hall–Kier alpha value is -2.10. The molecule has 0 bridgehead atoms. The Labute approximate surface area is 124 Å². The molecule has 0 radical (unpaired) electrons. The Kier molecular flexibility index (Phi) is 3.78. The maximum Gasteiger partial charge on any atom is 0.196 e. The number of hydrogen-bond acceptors (Lipinski definition) is 3. The van der Waals surface area contributed by atoms with E-state index in [9.17, 15) is 5.11 Å². The third-order valence-electron chi connectivity index (χ3n) is 3.71. The molecule has 0 fully saturated rings. The molecule has 1 aliphatic carbocycles. The highest BCUT2D eigenvalue weighted by Gasteiger charge is 2.33. The molecule has 2 aromatic rings. The fourth-order valence-corrected chi connectivity index (χ4v) is 2.51. The number of methoxy groups -OCH3 is 1. The van der Waals surface area contributed by atoms with E-state index in [1.807, 2.05) is 60.7 Å². The SMILES string of the molecule is COc1ccc(COC2(O)CC=Cc3ccccc32)cc1. The van der Waals surface area contributed by atoms with E-state index in [0.717, 1.165) is 22.4 Å². The van der Waals surface area contributed by atoms with Crippen LogP contribution in [0.2, 0.25) is 0 Å². The number of rotatable bonds is 4. The summed E-state index contributed by atoms with van der Waals surface area (Å²) in [5, 5.41) is 10.8. The third-order valence-corrected chi connectivity index (χ3v) is 3.71. The van der Waals surface area contributed by atoms with Gasteiger partial charge in [0.1, 0.15) is 5.75 Å². The summed E-state index contributed by atoms with van der Waals surface area (Å²) < 4.78 is 11.0. The molecule has 0 aromatic heterocycles. The zero-order chi connectivity index (χ0) is 14.7. The Morgan fingerprint density at radius 3 is 2.62 bits per heavy atom. The van der Waals surface area contributed by atoms with Gasteiger partial charge in [-0.05, 0) is 23.3 Å². The van der Waals surface area contributed by atoms with Crippen LogP contribution < -0.4 is 4.74 Å². The molecule has 0 aliphatic heterocycles. The van der Waals surface area contributed by atoms with E-state index in [-0.39, 0.29) is 0 Å². The molecule has 108 valence electrons. The van der Waals surface area contributed by atoms with Gasteiger partial charge >= 0.3 is 0 Å². The third kappa shape index (κ3) is 2.84. The van der Waals surface area contributed by atoms with Crippen LogP contribution in [0.3, 0.4) is 0 Å². The first-order valence-corrected chi connectivity index (χ1v) is 6.96. The maximum atomic E-state index is 10.8. The predicted octanol–water partition coefficient (Wildman–Crippen LogP) is 3.47. The molecule has 3 heteroatoms. The highest BCUT2D eigenvalue weighted by atomic mass is 16.6. The lowest BCUT2D eigenvalue weighted by molar-refractivity contribution is -0.218. The van der Waals surface area contributed by atoms with Crippen molar-refractivity contribution in [3.8, 4) is 5.75 Å². The number of fused-ring (bicyclic) bond motifs is 1. The molecule has 0 amide bonds. The molecule has 1 unspecified atom stereocenters. The van der Waals surface area contributed by atoms with Crippen molar-refractivity contribution in [3.05, 3.63) is 71.3 Å². The summed E-state index contributed by atoms with van der Waals surface area (Å²) in [6.07, 6.45) is 4.41. The first-order valence-electron chi connectivity index (χ1n) is 6.96. The minimum Gasteiger partial charge on any atom is -0.497 e. The van der Waals surface area contributed by atoms with Crippen molar-refractivity contribution in [3.63, 3.8) is 0 Å². The van der Waals surface area contributed by atoms with E-state index in [4.69, 9.17) is 9.47 Å². The average molecular weight is 282 g/mol. The molecule has 3 rings (SSSR count). The monoisotopic (exact) mass is 282 g/mol. The lowest BCUT2D eigenvalue weighted by Crippen LogP contribution is -2.31. The number of benzene rings is 2. The van der Waals surface area contributed by atoms with Crippen molar-refractivity contribution in [1.82, 2.24) is 0 Å². The van der Waals surface area contributed by atoms with Crippen LogP contribution >= 0.6 is 0 Å². The van der Waals surface area contributed by atoms with Gasteiger partial charge in [0.2, 0.25) is 0 Å². The summed E-state index contributed by atoms with van der Waals surface area (Å²) in [6, 6.07) is 15.4. The highest BCUT2D eigenvalue weighted by molar-refractivity contribution is 5.57. The molecule has 2 aromatic carbocycles. The van der Waals surface area contributed by atoms with Gasteiger partial charge in [-0.1, -0.05) is 48.6 Å². The second kappa shape index (κ2) is 5.72. The van der Waals surface area contributed by atoms with E-state index in [0.29, 0.717) is 13.0 Å². The van der Waals surface area contributed by atoms with Gasteiger partial charge in [-0.15, -0.1) is 0 Å². The lowest BCUT2D eigenvalue weighted by Gasteiger charge is -2.31. The van der Waals surface area contributed by atoms with Gasteiger partial charge in [-0.2, -0.15) is 0 Å². The molecule has 0 heterocycles. The van der Waals surface area contributed by atoms with E-state index in [1.54, 1.807) is 7.11 Å². The molecular formula is C18H18O3. The first-order chi connectivity index (χ1) is 10.2. The Morgan fingerprint density at radius 1 is 1.10 bits per heavy atom. The first kappa shape index (κ1) is 13.9. The molecule has 21 heavy (non-hydrogen) atoms. The summed E-state index contributed by atoms with van der Waals surface area (Å²) >= 11 is 0. The van der Waals surface area contributed by atoms with Crippen molar-refractivity contribution >= 4 is 6.08 Å². The Morgan fingerprint density at radius 2 is 1.86 bits per heavy atom. The molecule has 1 aliphatic rings. The van der Waals surface area contributed by atoms with Crippen LogP contribution in [0.15, 0.2) is 54.6 Å². The minimum absolute atomic E-state index is 0.350. The zero-order valence-corrected chi connectivity index (χ0v) is 12.0. The second-order valence-electron chi connectivity index (χ2n) is 5.11. The minimum atomic E-state index is -1.26. The second-order valence-corrected chi connectivity index (χ2v) is 5.11. The van der Waals surface area contributed by atoms with Crippen LogP contribution in [0.25, 0.3) is 6.08 Å². The van der Waals surface area contributed by atoms with Gasteiger partial charge in [-0.3, -0.25) is 0 Å². The van der Waals surface area contributed by atoms with Crippen LogP contribution in [-0.2, 0) is 17.1 Å². The molecule has 0 spiro atoms. The van der Waals surface area contributed by atoms with Gasteiger partial charge in [0.25, 0.3) is 0 Å². The summed E-state index contributed by atoms with van der Waals surface area (Å²) in [6.45, 7) is 0.350. The lowest BCUT2D eigenvalue weighted by atomic mass is 9.91. The van der Waals surface area contributed by atoms with Gasteiger partial charge in [-0.25, -0.2) is 0 Å². The Bertz CT molecular complexity index is 646. The van der Waals surface area contributed by atoms with E-state index < -0.39 is 5.79 Å². The standard InChI is InChI=1S/C18H18O3/c1-20-16-10-8-14(9-11-16)13-21-18(19)12-4-6-15-5-2-3-7-17(15)18/h2-11,19H,12-13H2,1H3. The summed E-state index contributed by atoms with van der Waals surface area (Å²) in [7, 11) is 1.64. The van der Waals surface area contributed by atoms with Crippen molar-refractivity contribution < 1.29 is 14.6 Å². The van der Waals surface area contributed by atoms with Gasteiger partial charge in [0.05, 0.1) is 13.7 Å². The van der Waals surface area contributed by atoms with E-state index in [1.165, 1.54) is 0 Å².